The molecule has 0 saturated heterocycles. The van der Waals surface area contributed by atoms with Crippen LogP contribution >= 0.6 is 0 Å². The van der Waals surface area contributed by atoms with Gasteiger partial charge < -0.3 is 9.47 Å². The van der Waals surface area contributed by atoms with E-state index < -0.39 is 11.9 Å². The average Bonchev–Trinajstić information content (AvgIpc) is 2.46. The summed E-state index contributed by atoms with van der Waals surface area (Å²) in [5.74, 6) is -0.996. The van der Waals surface area contributed by atoms with Crippen molar-refractivity contribution >= 4 is 22.7 Å². The zero-order valence-corrected chi connectivity index (χ0v) is 12.4. The molecule has 4 heteroatoms. The van der Waals surface area contributed by atoms with E-state index in [1.807, 2.05) is 30.3 Å². The molecule has 0 aliphatic carbocycles. The van der Waals surface area contributed by atoms with Crippen LogP contribution in [-0.2, 0) is 9.47 Å². The van der Waals surface area contributed by atoms with Gasteiger partial charge in [0.1, 0.15) is 0 Å². The largest absolute Gasteiger partial charge is 0.462 e. The van der Waals surface area contributed by atoms with Gasteiger partial charge in [-0.2, -0.15) is 0 Å². The summed E-state index contributed by atoms with van der Waals surface area (Å²) < 4.78 is 10.2. The first-order chi connectivity index (χ1) is 10.1. The van der Waals surface area contributed by atoms with Gasteiger partial charge in [0.2, 0.25) is 0 Å². The third-order valence-corrected chi connectivity index (χ3v) is 3.21. The lowest BCUT2D eigenvalue weighted by atomic mass is 9.94. The Kier molecular flexibility index (Phi) is 4.58. The van der Waals surface area contributed by atoms with Gasteiger partial charge in [-0.05, 0) is 37.1 Å². The first-order valence-electron chi connectivity index (χ1n) is 6.96. The van der Waals surface area contributed by atoms with E-state index >= 15 is 0 Å². The van der Waals surface area contributed by atoms with Crippen molar-refractivity contribution in [2.24, 2.45) is 0 Å². The van der Waals surface area contributed by atoms with Gasteiger partial charge in [-0.1, -0.05) is 30.3 Å². The molecule has 0 fully saturated rings. The zero-order chi connectivity index (χ0) is 15.4. The second-order valence-corrected chi connectivity index (χ2v) is 4.61. The Hall–Kier alpha value is -2.36. The van der Waals surface area contributed by atoms with Crippen LogP contribution < -0.4 is 0 Å². The molecule has 0 unspecified atom stereocenters. The smallest absolute Gasteiger partial charge is 0.339 e. The van der Waals surface area contributed by atoms with Gasteiger partial charge in [-0.25, -0.2) is 9.59 Å². The summed E-state index contributed by atoms with van der Waals surface area (Å²) in [4.78, 5) is 24.5. The highest BCUT2D eigenvalue weighted by Crippen LogP contribution is 2.27. The third kappa shape index (κ3) is 2.89. The predicted octanol–water partition coefficient (Wildman–Crippen LogP) is 3.50. The normalized spacial score (nSPS) is 10.4. The first kappa shape index (κ1) is 15.0. The molecule has 0 aliphatic heterocycles. The fraction of sp³-hybridized carbons (Fsp3) is 0.294. The lowest BCUT2D eigenvalue weighted by Gasteiger charge is -2.14. The molecule has 0 radical (unpaired) electrons. The third-order valence-electron chi connectivity index (χ3n) is 3.21. The molecule has 0 atom stereocenters. The van der Waals surface area contributed by atoms with Crippen molar-refractivity contribution < 1.29 is 19.1 Å². The molecule has 0 bridgehead atoms. The lowest BCUT2D eigenvalue weighted by molar-refractivity contribution is 0.0480. The van der Waals surface area contributed by atoms with Gasteiger partial charge >= 0.3 is 11.9 Å². The molecular formula is C17H18O4. The first-order valence-corrected chi connectivity index (χ1v) is 6.96. The summed E-state index contributed by atoms with van der Waals surface area (Å²) in [6, 6.07) is 9.31. The maximum atomic E-state index is 12.3. The maximum Gasteiger partial charge on any atom is 0.339 e. The lowest BCUT2D eigenvalue weighted by Crippen LogP contribution is -2.16. The number of carbonyl (C=O) groups is 2. The van der Waals surface area contributed by atoms with Crippen LogP contribution in [0.2, 0.25) is 0 Å². The molecule has 0 spiro atoms. The predicted molar refractivity (Wildman–Crippen MR) is 80.6 cm³/mol. The summed E-state index contributed by atoms with van der Waals surface area (Å²) >= 11 is 0. The molecule has 2 aromatic rings. The number of benzene rings is 2. The highest BCUT2D eigenvalue weighted by Gasteiger charge is 2.24. The fourth-order valence-corrected chi connectivity index (χ4v) is 2.37. The van der Waals surface area contributed by atoms with Crippen molar-refractivity contribution in [2.75, 3.05) is 13.2 Å². The number of carbonyl (C=O) groups excluding carboxylic acids is 2. The second kappa shape index (κ2) is 6.39. The van der Waals surface area contributed by atoms with Gasteiger partial charge in [0, 0.05) is 0 Å². The maximum absolute atomic E-state index is 12.3. The van der Waals surface area contributed by atoms with Crippen molar-refractivity contribution in [1.82, 2.24) is 0 Å². The number of rotatable bonds is 4. The molecule has 0 N–H and O–H groups in total. The number of aryl methyl sites for hydroxylation is 1. The second-order valence-electron chi connectivity index (χ2n) is 4.61. The quantitative estimate of drug-likeness (QED) is 0.807. The van der Waals surface area contributed by atoms with Crippen LogP contribution in [0.1, 0.15) is 40.1 Å². The number of hydrogen-bond acceptors (Lipinski definition) is 4. The Morgan fingerprint density at radius 3 is 2.14 bits per heavy atom. The Bertz CT molecular complexity index is 688. The van der Waals surface area contributed by atoms with Crippen LogP contribution in [0.25, 0.3) is 10.8 Å². The fourth-order valence-electron chi connectivity index (χ4n) is 2.37. The summed E-state index contributed by atoms with van der Waals surface area (Å²) in [5.41, 5.74) is 1.27. The molecule has 21 heavy (non-hydrogen) atoms. The van der Waals surface area contributed by atoms with Gasteiger partial charge in [-0.3, -0.25) is 0 Å². The molecule has 4 nitrogen and oxygen atoms in total. The van der Waals surface area contributed by atoms with Crippen molar-refractivity contribution in [2.45, 2.75) is 20.8 Å². The standard InChI is InChI=1S/C17H18O4/c1-4-20-16(18)14-11(3)10-12-8-6-7-9-13(12)15(14)17(19)21-5-2/h6-10H,4-5H2,1-3H3. The Morgan fingerprint density at radius 1 is 0.952 bits per heavy atom. The summed E-state index contributed by atoms with van der Waals surface area (Å²) in [7, 11) is 0. The van der Waals surface area contributed by atoms with E-state index in [1.54, 1.807) is 20.8 Å². The van der Waals surface area contributed by atoms with Crippen LogP contribution in [-0.4, -0.2) is 25.2 Å². The average molecular weight is 286 g/mol. The number of ether oxygens (including phenoxy) is 2. The minimum absolute atomic E-state index is 0.253. The van der Waals surface area contributed by atoms with E-state index in [4.69, 9.17) is 9.47 Å². The minimum Gasteiger partial charge on any atom is -0.462 e. The molecule has 0 amide bonds. The highest BCUT2D eigenvalue weighted by molar-refractivity contribution is 6.13. The number of fused-ring (bicyclic) bond motifs is 1. The molecular weight excluding hydrogens is 268 g/mol. The van der Waals surface area contributed by atoms with Gasteiger partial charge in [0.05, 0.1) is 24.3 Å². The molecule has 0 aromatic heterocycles. The van der Waals surface area contributed by atoms with Crippen LogP contribution in [0, 0.1) is 6.92 Å². The highest BCUT2D eigenvalue weighted by atomic mass is 16.5. The molecule has 110 valence electrons. The Morgan fingerprint density at radius 2 is 1.52 bits per heavy atom. The Balaban J connectivity index is 2.75. The number of hydrogen-bond donors (Lipinski definition) is 0. The van der Waals surface area contributed by atoms with E-state index in [1.165, 1.54) is 0 Å². The Labute approximate surface area is 123 Å². The molecule has 0 aliphatic rings. The summed E-state index contributed by atoms with van der Waals surface area (Å²) in [5, 5.41) is 1.59. The molecule has 0 heterocycles. The van der Waals surface area contributed by atoms with Gasteiger partial charge in [0.15, 0.2) is 0 Å². The van der Waals surface area contributed by atoms with E-state index in [0.29, 0.717) is 10.9 Å². The van der Waals surface area contributed by atoms with E-state index in [9.17, 15) is 9.59 Å². The monoisotopic (exact) mass is 286 g/mol. The summed E-state index contributed by atoms with van der Waals surface area (Å²) in [6.07, 6.45) is 0. The van der Waals surface area contributed by atoms with Crippen LogP contribution in [0.4, 0.5) is 0 Å². The number of esters is 2. The van der Waals surface area contributed by atoms with Gasteiger partial charge in [0.25, 0.3) is 0 Å². The molecule has 0 saturated carbocycles. The van der Waals surface area contributed by atoms with Gasteiger partial charge in [-0.15, -0.1) is 0 Å². The van der Waals surface area contributed by atoms with Crippen LogP contribution in [0.15, 0.2) is 30.3 Å². The summed E-state index contributed by atoms with van der Waals surface area (Å²) in [6.45, 7) is 5.77. The van der Waals surface area contributed by atoms with Crippen molar-refractivity contribution in [3.8, 4) is 0 Å². The van der Waals surface area contributed by atoms with Crippen LogP contribution in [0.5, 0.6) is 0 Å². The topological polar surface area (TPSA) is 52.6 Å². The van der Waals surface area contributed by atoms with E-state index in [0.717, 1.165) is 5.39 Å². The van der Waals surface area contributed by atoms with Crippen molar-refractivity contribution in [3.05, 3.63) is 47.0 Å². The zero-order valence-electron chi connectivity index (χ0n) is 12.4. The van der Waals surface area contributed by atoms with Crippen LogP contribution in [0.3, 0.4) is 0 Å². The minimum atomic E-state index is -0.500. The molecule has 2 rings (SSSR count). The van der Waals surface area contributed by atoms with E-state index in [2.05, 4.69) is 0 Å². The van der Waals surface area contributed by atoms with Crippen molar-refractivity contribution in [3.63, 3.8) is 0 Å². The molecule has 2 aromatic carbocycles. The van der Waals surface area contributed by atoms with Crippen molar-refractivity contribution in [1.29, 1.82) is 0 Å². The SMILES string of the molecule is CCOC(=O)c1c(C)cc2ccccc2c1C(=O)OCC. The van der Waals surface area contributed by atoms with E-state index in [-0.39, 0.29) is 24.3 Å².